The molecule has 1 saturated heterocycles. The van der Waals surface area contributed by atoms with Gasteiger partial charge in [0.25, 0.3) is 11.8 Å². The molecule has 4 aliphatic heterocycles. The molecule has 0 aromatic heterocycles. The number of dihydropyridines is 1. The Labute approximate surface area is 192 Å². The summed E-state index contributed by atoms with van der Waals surface area (Å²) in [7, 11) is 0. The van der Waals surface area contributed by atoms with Crippen LogP contribution in [0.25, 0.3) is 0 Å². The second-order valence-electron chi connectivity index (χ2n) is 8.54. The zero-order chi connectivity index (χ0) is 22.8. The van der Waals surface area contributed by atoms with Gasteiger partial charge in [-0.3, -0.25) is 29.8 Å². The Morgan fingerprint density at radius 3 is 2.88 bits per heavy atom. The van der Waals surface area contributed by atoms with Crippen molar-refractivity contribution in [2.45, 2.75) is 31.8 Å². The van der Waals surface area contributed by atoms with Gasteiger partial charge in [0.15, 0.2) is 6.61 Å². The number of carbonyl (C=O) groups excluding carboxylic acids is 2. The average Bonchev–Trinajstić information content (AvgIpc) is 3.34. The number of guanidine groups is 1. The first-order valence-corrected chi connectivity index (χ1v) is 11.4. The van der Waals surface area contributed by atoms with E-state index in [1.54, 1.807) is 11.1 Å². The van der Waals surface area contributed by atoms with E-state index in [1.165, 1.54) is 0 Å². The summed E-state index contributed by atoms with van der Waals surface area (Å²) < 4.78 is 11.1. The van der Waals surface area contributed by atoms with Crippen LogP contribution in [0.1, 0.15) is 19.8 Å². The highest BCUT2D eigenvalue weighted by Crippen LogP contribution is 2.30. The molecule has 0 bridgehead atoms. The highest BCUT2D eigenvalue weighted by molar-refractivity contribution is 6.21. The van der Waals surface area contributed by atoms with Crippen molar-refractivity contribution < 1.29 is 19.1 Å². The summed E-state index contributed by atoms with van der Waals surface area (Å²) in [5, 5.41) is 2.95. The lowest BCUT2D eigenvalue weighted by molar-refractivity contribution is -0.139. The van der Waals surface area contributed by atoms with Crippen LogP contribution in [0.15, 0.2) is 50.1 Å². The second-order valence-corrected chi connectivity index (χ2v) is 8.54. The summed E-state index contributed by atoms with van der Waals surface area (Å²) in [4.78, 5) is 42.7. The molecule has 5 aliphatic rings. The van der Waals surface area contributed by atoms with Crippen molar-refractivity contribution in [1.29, 1.82) is 0 Å². The van der Waals surface area contributed by atoms with Crippen LogP contribution in [0.5, 0.6) is 0 Å². The second kappa shape index (κ2) is 9.30. The van der Waals surface area contributed by atoms with Crippen LogP contribution in [0.3, 0.4) is 0 Å². The summed E-state index contributed by atoms with van der Waals surface area (Å²) in [5.74, 6) is 1.77. The third-order valence-electron chi connectivity index (χ3n) is 6.21. The first-order chi connectivity index (χ1) is 16.1. The van der Waals surface area contributed by atoms with Gasteiger partial charge in [-0.05, 0) is 25.5 Å². The number of allylic oxidation sites excluding steroid dienone is 2. The number of hydrogen-bond donors (Lipinski definition) is 1. The highest BCUT2D eigenvalue weighted by atomic mass is 16.5. The predicted octanol–water partition coefficient (Wildman–Crippen LogP) is 0.434. The van der Waals surface area contributed by atoms with Gasteiger partial charge >= 0.3 is 0 Å². The first kappa shape index (κ1) is 21.6. The molecule has 1 aliphatic carbocycles. The van der Waals surface area contributed by atoms with Crippen molar-refractivity contribution in [3.63, 3.8) is 0 Å². The van der Waals surface area contributed by atoms with Crippen LogP contribution >= 0.6 is 0 Å². The number of rotatable bonds is 4. The number of amidine groups is 1. The molecule has 1 N–H and O–H groups in total. The zero-order valence-electron chi connectivity index (χ0n) is 18.7. The third-order valence-corrected chi connectivity index (χ3v) is 6.21. The average molecular weight is 453 g/mol. The molecule has 0 saturated carbocycles. The largest absolute Gasteiger partial charge is 0.488 e. The molecule has 174 valence electrons. The van der Waals surface area contributed by atoms with Crippen LogP contribution in [-0.4, -0.2) is 97.7 Å². The van der Waals surface area contributed by atoms with Crippen LogP contribution in [-0.2, 0) is 19.1 Å². The minimum atomic E-state index is -0.221. The van der Waals surface area contributed by atoms with Gasteiger partial charge in [-0.2, -0.15) is 0 Å². The lowest BCUT2D eigenvalue weighted by Crippen LogP contribution is -2.51. The Kier molecular flexibility index (Phi) is 6.08. The molecular formula is C23H28N6O4. The normalized spacial score (nSPS) is 26.3. The number of morpholine rings is 1. The quantitative estimate of drug-likeness (QED) is 0.666. The SMILES string of the molecule is CC1CC=C(C(=O)NC2=NC3CC(OCC(=O)N4CCOCC4)=CC=C3C3=NCCN23)C=N1. The zero-order valence-corrected chi connectivity index (χ0v) is 18.7. The van der Waals surface area contributed by atoms with E-state index in [1.807, 2.05) is 30.1 Å². The number of fused-ring (bicyclic) bond motifs is 3. The molecule has 0 radical (unpaired) electrons. The van der Waals surface area contributed by atoms with Gasteiger partial charge in [0.2, 0.25) is 5.96 Å². The van der Waals surface area contributed by atoms with E-state index in [4.69, 9.17) is 14.5 Å². The fourth-order valence-corrected chi connectivity index (χ4v) is 4.33. The number of nitrogens with zero attached hydrogens (tertiary/aromatic N) is 5. The number of aliphatic imine (C=N–C) groups is 3. The van der Waals surface area contributed by atoms with E-state index in [0.717, 1.165) is 17.8 Å². The lowest BCUT2D eigenvalue weighted by atomic mass is 9.95. The Morgan fingerprint density at radius 1 is 1.24 bits per heavy atom. The number of amides is 2. The number of ether oxygens (including phenoxy) is 2. The van der Waals surface area contributed by atoms with Gasteiger partial charge in [0.05, 0.1) is 43.2 Å². The number of hydrogen-bond acceptors (Lipinski definition) is 8. The molecular weight excluding hydrogens is 424 g/mol. The summed E-state index contributed by atoms with van der Waals surface area (Å²) in [6.45, 7) is 5.64. The molecule has 0 aromatic carbocycles. The molecule has 2 unspecified atom stereocenters. The van der Waals surface area contributed by atoms with Crippen molar-refractivity contribution in [2.24, 2.45) is 15.0 Å². The van der Waals surface area contributed by atoms with Gasteiger partial charge in [0.1, 0.15) is 5.84 Å². The minimum absolute atomic E-state index is 0.00593. The van der Waals surface area contributed by atoms with Crippen molar-refractivity contribution in [1.82, 2.24) is 15.1 Å². The van der Waals surface area contributed by atoms with Crippen molar-refractivity contribution >= 4 is 29.8 Å². The van der Waals surface area contributed by atoms with Crippen molar-refractivity contribution in [2.75, 3.05) is 46.0 Å². The maximum atomic E-state index is 12.8. The molecule has 10 heteroatoms. The Bertz CT molecular complexity index is 1020. The fourth-order valence-electron chi connectivity index (χ4n) is 4.33. The topological polar surface area (TPSA) is 108 Å². The van der Waals surface area contributed by atoms with E-state index in [-0.39, 0.29) is 30.5 Å². The standard InChI is InChI=1S/C23H28N6O4/c1-15-2-3-16(13-25-15)22(31)27-23-26-19-12-17(4-5-18(19)21-24-6-7-29(21)23)33-14-20(30)28-8-10-32-11-9-28/h3-5,13,15,19H,2,6-12,14H2,1H3,(H,26,27,31). The van der Waals surface area contributed by atoms with Crippen LogP contribution in [0, 0.1) is 0 Å². The van der Waals surface area contributed by atoms with E-state index >= 15 is 0 Å². The highest BCUT2D eigenvalue weighted by Gasteiger charge is 2.37. The molecule has 10 nitrogen and oxygen atoms in total. The smallest absolute Gasteiger partial charge is 0.260 e. The summed E-state index contributed by atoms with van der Waals surface area (Å²) in [6, 6.07) is -0.0259. The minimum Gasteiger partial charge on any atom is -0.488 e. The fraction of sp³-hybridized carbons (Fsp3) is 0.522. The monoisotopic (exact) mass is 452 g/mol. The molecule has 5 rings (SSSR count). The third kappa shape index (κ3) is 4.61. The van der Waals surface area contributed by atoms with Crippen LogP contribution < -0.4 is 5.32 Å². The molecule has 2 amide bonds. The van der Waals surface area contributed by atoms with Crippen molar-refractivity contribution in [3.8, 4) is 0 Å². The van der Waals surface area contributed by atoms with E-state index in [0.29, 0.717) is 63.1 Å². The van der Waals surface area contributed by atoms with Crippen molar-refractivity contribution in [3.05, 3.63) is 35.1 Å². The Hall–Kier alpha value is -3.27. The Morgan fingerprint density at radius 2 is 2.09 bits per heavy atom. The van der Waals surface area contributed by atoms with Gasteiger partial charge in [-0.15, -0.1) is 0 Å². The molecule has 0 aromatic rings. The van der Waals surface area contributed by atoms with Gasteiger partial charge in [-0.1, -0.05) is 6.08 Å². The molecule has 4 heterocycles. The molecule has 0 spiro atoms. The van der Waals surface area contributed by atoms with E-state index < -0.39 is 0 Å². The maximum Gasteiger partial charge on any atom is 0.260 e. The lowest BCUT2D eigenvalue weighted by Gasteiger charge is -2.34. The van der Waals surface area contributed by atoms with Gasteiger partial charge in [-0.25, -0.2) is 4.99 Å². The molecule has 2 atom stereocenters. The first-order valence-electron chi connectivity index (χ1n) is 11.4. The van der Waals surface area contributed by atoms with Crippen LogP contribution in [0.2, 0.25) is 0 Å². The van der Waals surface area contributed by atoms with Crippen LogP contribution in [0.4, 0.5) is 0 Å². The number of carbonyl (C=O) groups is 2. The van der Waals surface area contributed by atoms with E-state index in [9.17, 15) is 9.59 Å². The van der Waals surface area contributed by atoms with Gasteiger partial charge in [0, 0.05) is 37.8 Å². The van der Waals surface area contributed by atoms with Gasteiger partial charge < -0.3 is 14.4 Å². The molecule has 1 fully saturated rings. The summed E-state index contributed by atoms with van der Waals surface area (Å²) in [5.41, 5.74) is 1.55. The van der Waals surface area contributed by atoms with E-state index in [2.05, 4.69) is 15.3 Å². The Balaban J connectivity index is 1.26. The summed E-state index contributed by atoms with van der Waals surface area (Å²) in [6.07, 6.45) is 8.63. The maximum absolute atomic E-state index is 12.8. The number of nitrogens with one attached hydrogen (secondary N) is 1. The molecule has 33 heavy (non-hydrogen) atoms. The summed E-state index contributed by atoms with van der Waals surface area (Å²) >= 11 is 0. The predicted molar refractivity (Wildman–Crippen MR) is 123 cm³/mol.